The van der Waals surface area contributed by atoms with Crippen LogP contribution in [-0.4, -0.2) is 23.2 Å². The van der Waals surface area contributed by atoms with E-state index in [4.69, 9.17) is 5.11 Å². The molecule has 0 aliphatic carbocycles. The molecule has 0 aliphatic rings. The third kappa shape index (κ3) is 3.61. The van der Waals surface area contributed by atoms with Crippen molar-refractivity contribution in [3.63, 3.8) is 0 Å². The minimum absolute atomic E-state index is 0.189. The molecule has 0 aromatic heterocycles. The second-order valence-electron chi connectivity index (χ2n) is 3.60. The fourth-order valence-corrected chi connectivity index (χ4v) is 1.38. The van der Waals surface area contributed by atoms with E-state index in [0.29, 0.717) is 0 Å². The van der Waals surface area contributed by atoms with Gasteiger partial charge in [-0.15, -0.1) is 0 Å². The maximum atomic E-state index is 13.2. The molecular formula is C10H4F7NO3. The van der Waals surface area contributed by atoms with Gasteiger partial charge in [0, 0.05) is 0 Å². The first kappa shape index (κ1) is 16.7. The first-order valence-corrected chi connectivity index (χ1v) is 4.87. The zero-order valence-corrected chi connectivity index (χ0v) is 9.56. The maximum Gasteiger partial charge on any atom is 0.471 e. The fraction of sp³-hybridized carbons (Fsp3) is 0.200. The molecule has 0 fully saturated rings. The molecule has 0 bridgehead atoms. The van der Waals surface area contributed by atoms with Crippen LogP contribution in [0.15, 0.2) is 12.1 Å². The summed E-state index contributed by atoms with van der Waals surface area (Å²) < 4.78 is 87.4. The van der Waals surface area contributed by atoms with Crippen LogP contribution in [0, 0.1) is 5.82 Å². The van der Waals surface area contributed by atoms with Gasteiger partial charge >= 0.3 is 24.2 Å². The standard InChI is InChI=1S/C10H4F7NO3/c11-3-1-2-4(18-8(21)10(15,16)17)6(9(12,13)14)5(3)7(19)20/h1-2H,(H,18,21)(H,19,20). The number of hydrogen-bond donors (Lipinski definition) is 2. The summed E-state index contributed by atoms with van der Waals surface area (Å²) in [5.41, 5.74) is -5.61. The third-order valence-corrected chi connectivity index (χ3v) is 2.16. The largest absolute Gasteiger partial charge is 0.478 e. The van der Waals surface area contributed by atoms with Crippen molar-refractivity contribution < 1.29 is 45.4 Å². The SMILES string of the molecule is O=C(O)c1c(F)ccc(NC(=O)C(F)(F)F)c1C(F)(F)F. The van der Waals surface area contributed by atoms with Gasteiger partial charge in [-0.25, -0.2) is 9.18 Å². The smallest absolute Gasteiger partial charge is 0.471 e. The molecule has 0 radical (unpaired) electrons. The fourth-order valence-electron chi connectivity index (χ4n) is 1.38. The molecule has 11 heteroatoms. The molecule has 21 heavy (non-hydrogen) atoms. The number of benzene rings is 1. The lowest BCUT2D eigenvalue weighted by Crippen LogP contribution is -2.31. The van der Waals surface area contributed by atoms with Gasteiger partial charge in [-0.1, -0.05) is 0 Å². The highest BCUT2D eigenvalue weighted by atomic mass is 19.4. The highest BCUT2D eigenvalue weighted by Crippen LogP contribution is 2.39. The normalized spacial score (nSPS) is 12.1. The van der Waals surface area contributed by atoms with Crippen LogP contribution in [0.1, 0.15) is 15.9 Å². The topological polar surface area (TPSA) is 66.4 Å². The molecule has 4 nitrogen and oxygen atoms in total. The number of aromatic carboxylic acids is 1. The minimum atomic E-state index is -5.50. The summed E-state index contributed by atoms with van der Waals surface area (Å²) in [5.74, 6) is -6.90. The van der Waals surface area contributed by atoms with Gasteiger partial charge < -0.3 is 10.4 Å². The number of anilines is 1. The Bertz CT molecular complexity index is 592. The van der Waals surface area contributed by atoms with Gasteiger partial charge in [0.1, 0.15) is 11.4 Å². The van der Waals surface area contributed by atoms with Gasteiger partial charge in [-0.2, -0.15) is 26.3 Å². The molecular weight excluding hydrogens is 315 g/mol. The van der Waals surface area contributed by atoms with E-state index in [1.807, 2.05) is 0 Å². The van der Waals surface area contributed by atoms with Crippen molar-refractivity contribution in [3.8, 4) is 0 Å². The van der Waals surface area contributed by atoms with Crippen LogP contribution >= 0.6 is 0 Å². The highest BCUT2D eigenvalue weighted by Gasteiger charge is 2.43. The quantitative estimate of drug-likeness (QED) is 0.824. The van der Waals surface area contributed by atoms with E-state index in [0.717, 1.165) is 5.32 Å². The predicted octanol–water partition coefficient (Wildman–Crippen LogP) is 3.04. The molecule has 0 saturated carbocycles. The molecule has 0 aliphatic heterocycles. The van der Waals surface area contributed by atoms with Gasteiger partial charge in [0.05, 0.1) is 11.3 Å². The number of rotatable bonds is 2. The molecule has 1 aromatic rings. The van der Waals surface area contributed by atoms with Gasteiger partial charge in [0.2, 0.25) is 0 Å². The molecule has 116 valence electrons. The van der Waals surface area contributed by atoms with Crippen molar-refractivity contribution in [3.05, 3.63) is 29.1 Å². The van der Waals surface area contributed by atoms with Gasteiger partial charge in [0.25, 0.3) is 0 Å². The van der Waals surface area contributed by atoms with Crippen LogP contribution in [0.25, 0.3) is 0 Å². The Kier molecular flexibility index (Phi) is 4.16. The Morgan fingerprint density at radius 2 is 1.57 bits per heavy atom. The molecule has 1 aromatic carbocycles. The van der Waals surface area contributed by atoms with Crippen LogP contribution in [0.5, 0.6) is 0 Å². The number of carbonyl (C=O) groups is 2. The number of carboxylic acid groups (broad SMARTS) is 1. The van der Waals surface area contributed by atoms with Gasteiger partial charge in [-0.3, -0.25) is 4.79 Å². The van der Waals surface area contributed by atoms with E-state index in [9.17, 15) is 40.3 Å². The molecule has 0 spiro atoms. The molecule has 2 N–H and O–H groups in total. The Morgan fingerprint density at radius 1 is 1.05 bits per heavy atom. The molecule has 0 saturated heterocycles. The van der Waals surface area contributed by atoms with Crippen LogP contribution < -0.4 is 5.32 Å². The average Bonchev–Trinajstić information content (AvgIpc) is 2.27. The van der Waals surface area contributed by atoms with Crippen molar-refractivity contribution in [1.82, 2.24) is 0 Å². The zero-order valence-electron chi connectivity index (χ0n) is 9.56. The van der Waals surface area contributed by atoms with E-state index in [1.165, 1.54) is 0 Å². The first-order chi connectivity index (χ1) is 9.35. The minimum Gasteiger partial charge on any atom is -0.478 e. The van der Waals surface area contributed by atoms with Crippen molar-refractivity contribution in [1.29, 1.82) is 0 Å². The van der Waals surface area contributed by atoms with Gasteiger partial charge in [-0.05, 0) is 12.1 Å². The van der Waals surface area contributed by atoms with Crippen LogP contribution in [0.3, 0.4) is 0 Å². The summed E-state index contributed by atoms with van der Waals surface area (Å²) in [6.45, 7) is 0. The first-order valence-electron chi connectivity index (χ1n) is 4.87. The molecule has 0 atom stereocenters. The van der Waals surface area contributed by atoms with E-state index in [-0.39, 0.29) is 12.1 Å². The van der Waals surface area contributed by atoms with E-state index in [2.05, 4.69) is 0 Å². The van der Waals surface area contributed by atoms with Crippen LogP contribution in [0.4, 0.5) is 36.4 Å². The van der Waals surface area contributed by atoms with E-state index >= 15 is 0 Å². The van der Waals surface area contributed by atoms with E-state index < -0.39 is 46.9 Å². The number of hydrogen-bond acceptors (Lipinski definition) is 2. The summed E-state index contributed by atoms with van der Waals surface area (Å²) in [6.07, 6.45) is -11.0. The highest BCUT2D eigenvalue weighted by molar-refractivity contribution is 5.98. The third-order valence-electron chi connectivity index (χ3n) is 2.16. The summed E-state index contributed by atoms with van der Waals surface area (Å²) in [5, 5.41) is 9.42. The second kappa shape index (κ2) is 5.22. The molecule has 1 rings (SSSR count). The monoisotopic (exact) mass is 319 g/mol. The molecule has 1 amide bonds. The Labute approximate surface area is 111 Å². The maximum absolute atomic E-state index is 13.2. The average molecular weight is 319 g/mol. The van der Waals surface area contributed by atoms with Gasteiger partial charge in [0.15, 0.2) is 0 Å². The lowest BCUT2D eigenvalue weighted by atomic mass is 10.0. The zero-order chi connectivity index (χ0) is 16.6. The lowest BCUT2D eigenvalue weighted by Gasteiger charge is -2.17. The molecule has 0 unspecified atom stereocenters. The number of carbonyl (C=O) groups excluding carboxylic acids is 1. The summed E-state index contributed by atoms with van der Waals surface area (Å²) in [4.78, 5) is 21.3. The summed E-state index contributed by atoms with van der Waals surface area (Å²) >= 11 is 0. The number of alkyl halides is 6. The summed E-state index contributed by atoms with van der Waals surface area (Å²) in [6, 6.07) is 0.388. The molecule has 0 heterocycles. The van der Waals surface area contributed by atoms with Crippen molar-refractivity contribution in [2.24, 2.45) is 0 Å². The Balaban J connectivity index is 3.51. The van der Waals surface area contributed by atoms with Crippen molar-refractivity contribution in [2.45, 2.75) is 12.4 Å². The Morgan fingerprint density at radius 3 is 1.95 bits per heavy atom. The number of nitrogens with one attached hydrogen (secondary N) is 1. The Hall–Kier alpha value is -2.33. The second-order valence-corrected chi connectivity index (χ2v) is 3.60. The predicted molar refractivity (Wildman–Crippen MR) is 53.0 cm³/mol. The van der Waals surface area contributed by atoms with E-state index in [1.54, 1.807) is 0 Å². The van der Waals surface area contributed by atoms with Crippen LogP contribution in [-0.2, 0) is 11.0 Å². The summed E-state index contributed by atoms with van der Waals surface area (Å²) in [7, 11) is 0. The van der Waals surface area contributed by atoms with Crippen molar-refractivity contribution in [2.75, 3.05) is 5.32 Å². The number of carboxylic acids is 1. The van der Waals surface area contributed by atoms with Crippen molar-refractivity contribution >= 4 is 17.6 Å². The number of amides is 1. The van der Waals surface area contributed by atoms with Crippen LogP contribution in [0.2, 0.25) is 0 Å². The number of halogens is 7. The lowest BCUT2D eigenvalue weighted by molar-refractivity contribution is -0.167.